The summed E-state index contributed by atoms with van der Waals surface area (Å²) in [6.07, 6.45) is 2.29. The Hall–Kier alpha value is -1.32. The lowest BCUT2D eigenvalue weighted by Gasteiger charge is -2.31. The maximum absolute atomic E-state index is 10.7. The van der Waals surface area contributed by atoms with Gasteiger partial charge in [0.1, 0.15) is 0 Å². The zero-order valence-electron chi connectivity index (χ0n) is 9.53. The molecule has 2 atom stereocenters. The highest BCUT2D eigenvalue weighted by atomic mass is 16.4. The molecule has 2 N–H and O–H groups in total. The van der Waals surface area contributed by atoms with Crippen LogP contribution in [0.2, 0.25) is 0 Å². The van der Waals surface area contributed by atoms with Gasteiger partial charge in [0, 0.05) is 12.8 Å². The van der Waals surface area contributed by atoms with Crippen LogP contribution in [0.25, 0.3) is 0 Å². The number of carboxylic acid groups (broad SMARTS) is 2. The van der Waals surface area contributed by atoms with Crippen LogP contribution in [0.15, 0.2) is 12.2 Å². The van der Waals surface area contributed by atoms with E-state index < -0.39 is 11.9 Å². The molecule has 1 aliphatic rings. The first-order valence-electron chi connectivity index (χ1n) is 5.48. The summed E-state index contributed by atoms with van der Waals surface area (Å²) >= 11 is 0. The van der Waals surface area contributed by atoms with Crippen molar-refractivity contribution in [2.75, 3.05) is 0 Å². The second kappa shape index (κ2) is 4.68. The van der Waals surface area contributed by atoms with Crippen molar-refractivity contribution in [2.24, 2.45) is 11.3 Å². The van der Waals surface area contributed by atoms with Crippen molar-refractivity contribution in [3.8, 4) is 0 Å². The summed E-state index contributed by atoms with van der Waals surface area (Å²) < 4.78 is 0. The lowest BCUT2D eigenvalue weighted by molar-refractivity contribution is -0.138. The predicted molar refractivity (Wildman–Crippen MR) is 59.1 cm³/mol. The number of rotatable bonds is 5. The summed E-state index contributed by atoms with van der Waals surface area (Å²) in [5, 5.41) is 17.5. The molecule has 4 nitrogen and oxygen atoms in total. The van der Waals surface area contributed by atoms with Crippen molar-refractivity contribution < 1.29 is 19.8 Å². The van der Waals surface area contributed by atoms with Crippen LogP contribution in [0.3, 0.4) is 0 Å². The van der Waals surface area contributed by atoms with Gasteiger partial charge in [-0.15, -0.1) is 0 Å². The summed E-state index contributed by atoms with van der Waals surface area (Å²) in [7, 11) is 0. The number of allylic oxidation sites excluding steroid dienone is 1. The zero-order valence-corrected chi connectivity index (χ0v) is 9.53. The van der Waals surface area contributed by atoms with Gasteiger partial charge >= 0.3 is 11.9 Å². The average Bonchev–Trinajstić information content (AvgIpc) is 2.43. The van der Waals surface area contributed by atoms with Gasteiger partial charge in [-0.25, -0.2) is 0 Å². The van der Waals surface area contributed by atoms with Gasteiger partial charge < -0.3 is 10.2 Å². The summed E-state index contributed by atoms with van der Waals surface area (Å²) in [6, 6.07) is 0. The Morgan fingerprint density at radius 1 is 1.44 bits per heavy atom. The van der Waals surface area contributed by atoms with Gasteiger partial charge in [-0.3, -0.25) is 9.59 Å². The second-order valence-corrected chi connectivity index (χ2v) is 4.75. The molecule has 1 aliphatic carbocycles. The van der Waals surface area contributed by atoms with Crippen molar-refractivity contribution in [1.29, 1.82) is 0 Å². The van der Waals surface area contributed by atoms with Crippen LogP contribution in [0.5, 0.6) is 0 Å². The minimum atomic E-state index is -0.838. The third kappa shape index (κ3) is 2.62. The van der Waals surface area contributed by atoms with Crippen molar-refractivity contribution in [3.05, 3.63) is 12.2 Å². The number of hydrogen-bond acceptors (Lipinski definition) is 2. The molecule has 4 heteroatoms. The van der Waals surface area contributed by atoms with Crippen LogP contribution in [0.1, 0.15) is 39.0 Å². The molecule has 0 radical (unpaired) electrons. The Kier molecular flexibility index (Phi) is 3.73. The molecule has 16 heavy (non-hydrogen) atoms. The normalized spacial score (nSPS) is 29.3. The third-order valence-electron chi connectivity index (χ3n) is 3.78. The highest BCUT2D eigenvalue weighted by molar-refractivity contribution is 5.68. The molecule has 0 saturated heterocycles. The first kappa shape index (κ1) is 12.7. The molecule has 1 saturated carbocycles. The van der Waals surface area contributed by atoms with Gasteiger partial charge in [0.2, 0.25) is 0 Å². The van der Waals surface area contributed by atoms with Gasteiger partial charge in [0.05, 0.1) is 0 Å². The highest BCUT2D eigenvalue weighted by Gasteiger charge is 2.42. The summed E-state index contributed by atoms with van der Waals surface area (Å²) in [5.74, 6) is -1.63. The topological polar surface area (TPSA) is 74.6 Å². The number of hydrogen-bond donors (Lipinski definition) is 2. The van der Waals surface area contributed by atoms with E-state index in [2.05, 4.69) is 6.58 Å². The Bertz CT molecular complexity index is 321. The van der Waals surface area contributed by atoms with E-state index in [0.29, 0.717) is 6.42 Å². The van der Waals surface area contributed by atoms with E-state index in [1.54, 1.807) is 0 Å². The molecule has 0 spiro atoms. The lowest BCUT2D eigenvalue weighted by Crippen LogP contribution is -2.26. The van der Waals surface area contributed by atoms with E-state index in [1.807, 2.05) is 6.92 Å². The van der Waals surface area contributed by atoms with Crippen molar-refractivity contribution >= 4 is 11.9 Å². The standard InChI is InChI=1S/C12H18O4/c1-8-3-4-9(7-11(15)16)12(8,2)6-5-10(13)14/h9H,1,3-7H2,2H3,(H,13,14)(H,15,16)/t9-,12+/m1/s1. The SMILES string of the molecule is C=C1CC[C@H](CC(=O)O)[C@@]1(C)CCC(=O)O. The van der Waals surface area contributed by atoms with Crippen LogP contribution in [-0.2, 0) is 9.59 Å². The van der Waals surface area contributed by atoms with E-state index in [9.17, 15) is 9.59 Å². The van der Waals surface area contributed by atoms with E-state index in [-0.39, 0.29) is 24.2 Å². The molecule has 0 heterocycles. The maximum Gasteiger partial charge on any atom is 0.303 e. The molecule has 0 aromatic heterocycles. The molecular formula is C12H18O4. The number of carboxylic acids is 2. The Morgan fingerprint density at radius 3 is 2.56 bits per heavy atom. The molecule has 0 unspecified atom stereocenters. The minimum absolute atomic E-state index is 0.0249. The Balaban J connectivity index is 2.73. The largest absolute Gasteiger partial charge is 0.481 e. The molecule has 0 amide bonds. The number of carbonyl (C=O) groups is 2. The Morgan fingerprint density at radius 2 is 2.06 bits per heavy atom. The minimum Gasteiger partial charge on any atom is -0.481 e. The fraction of sp³-hybridized carbons (Fsp3) is 0.667. The summed E-state index contributed by atoms with van der Waals surface area (Å²) in [4.78, 5) is 21.3. The predicted octanol–water partition coefficient (Wildman–Crippen LogP) is 2.30. The van der Waals surface area contributed by atoms with Gasteiger partial charge in [0.25, 0.3) is 0 Å². The molecular weight excluding hydrogens is 208 g/mol. The zero-order chi connectivity index (χ0) is 12.3. The van der Waals surface area contributed by atoms with Crippen LogP contribution in [0, 0.1) is 11.3 Å². The molecule has 1 rings (SSSR count). The molecule has 0 aromatic rings. The first-order chi connectivity index (χ1) is 7.36. The van der Waals surface area contributed by atoms with E-state index in [1.165, 1.54) is 0 Å². The molecule has 0 bridgehead atoms. The van der Waals surface area contributed by atoms with E-state index in [4.69, 9.17) is 10.2 Å². The summed E-state index contributed by atoms with van der Waals surface area (Å²) in [6.45, 7) is 5.90. The molecule has 90 valence electrons. The van der Waals surface area contributed by atoms with Crippen LogP contribution in [-0.4, -0.2) is 22.2 Å². The molecule has 0 aliphatic heterocycles. The van der Waals surface area contributed by atoms with Gasteiger partial charge in [-0.2, -0.15) is 0 Å². The summed E-state index contributed by atoms with van der Waals surface area (Å²) in [5.41, 5.74) is 0.677. The van der Waals surface area contributed by atoms with Crippen LogP contribution < -0.4 is 0 Å². The lowest BCUT2D eigenvalue weighted by atomic mass is 9.72. The third-order valence-corrected chi connectivity index (χ3v) is 3.78. The van der Waals surface area contributed by atoms with Gasteiger partial charge in [-0.05, 0) is 30.6 Å². The average molecular weight is 226 g/mol. The van der Waals surface area contributed by atoms with Gasteiger partial charge in [-0.1, -0.05) is 19.1 Å². The van der Waals surface area contributed by atoms with E-state index in [0.717, 1.165) is 18.4 Å². The molecule has 0 aromatic carbocycles. The van der Waals surface area contributed by atoms with Crippen molar-refractivity contribution in [3.63, 3.8) is 0 Å². The second-order valence-electron chi connectivity index (χ2n) is 4.75. The van der Waals surface area contributed by atoms with E-state index >= 15 is 0 Å². The van der Waals surface area contributed by atoms with Crippen LogP contribution in [0.4, 0.5) is 0 Å². The van der Waals surface area contributed by atoms with Crippen LogP contribution >= 0.6 is 0 Å². The Labute approximate surface area is 95.0 Å². The number of aliphatic carboxylic acids is 2. The smallest absolute Gasteiger partial charge is 0.303 e. The monoisotopic (exact) mass is 226 g/mol. The molecule has 1 fully saturated rings. The fourth-order valence-corrected chi connectivity index (χ4v) is 2.53. The highest BCUT2D eigenvalue weighted by Crippen LogP contribution is 2.50. The van der Waals surface area contributed by atoms with Crippen molar-refractivity contribution in [2.45, 2.75) is 39.0 Å². The quantitative estimate of drug-likeness (QED) is 0.705. The fourth-order valence-electron chi connectivity index (χ4n) is 2.53. The van der Waals surface area contributed by atoms with Gasteiger partial charge in [0.15, 0.2) is 0 Å². The van der Waals surface area contributed by atoms with Crippen molar-refractivity contribution in [1.82, 2.24) is 0 Å². The maximum atomic E-state index is 10.7. The first-order valence-corrected chi connectivity index (χ1v) is 5.48.